The molecule has 55 heavy (non-hydrogen) atoms. The van der Waals surface area contributed by atoms with Crippen LogP contribution in [0.1, 0.15) is 62.0 Å². The van der Waals surface area contributed by atoms with E-state index in [1.165, 1.54) is 14.2 Å². The molecule has 1 saturated carbocycles. The molecule has 0 unspecified atom stereocenters. The number of aliphatic hydroxyl groups excluding tert-OH is 2. The van der Waals surface area contributed by atoms with Crippen molar-refractivity contribution < 1.29 is 48.3 Å². The van der Waals surface area contributed by atoms with Crippen LogP contribution in [0.2, 0.25) is 0 Å². The lowest BCUT2D eigenvalue weighted by Gasteiger charge is -2.59. The summed E-state index contributed by atoms with van der Waals surface area (Å²) in [4.78, 5) is 23.6. The maximum absolute atomic E-state index is 14.1. The summed E-state index contributed by atoms with van der Waals surface area (Å²) in [6.07, 6.45) is 8.49. The van der Waals surface area contributed by atoms with E-state index in [4.69, 9.17) is 33.3 Å². The van der Waals surface area contributed by atoms with Gasteiger partial charge in [-0.2, -0.15) is 0 Å². The third-order valence-corrected chi connectivity index (χ3v) is 11.6. The Morgan fingerprint density at radius 3 is 2.56 bits per heavy atom. The standard InChI is InChI=1S/C42H55N3O10/c1-4-20-54-42-38(45(41(48)49-2)26-28-11-13-36-37(22-28)53-27-52-36)25-34(43-50-3)32-23-29(9-5-7-18-46)31(10-6-8-19-47)39(40(32)42)33-24-30(12-14-35(33)55-42)51-21-17-44-15-16-44/h4,11-14,22-24,29,31,38-40,46-47H,1,5-10,15-21,25-27H2,2-3H3/t29-,31+,38-,39+,40+,42+/m0/s1. The fraction of sp³-hybridized carbons (Fsp3) is 0.571. The van der Waals surface area contributed by atoms with Crippen molar-refractivity contribution in [2.75, 3.05) is 67.1 Å². The van der Waals surface area contributed by atoms with Gasteiger partial charge in [-0.15, -0.1) is 6.58 Å². The fourth-order valence-electron chi connectivity index (χ4n) is 9.09. The predicted octanol–water partition coefficient (Wildman–Crippen LogP) is 5.64. The zero-order chi connectivity index (χ0) is 38.4. The molecule has 13 heteroatoms. The van der Waals surface area contributed by atoms with E-state index in [-0.39, 0.29) is 57.3 Å². The molecule has 298 valence electrons. The number of amides is 1. The molecule has 0 bridgehead atoms. The molecule has 0 spiro atoms. The van der Waals surface area contributed by atoms with Crippen molar-refractivity contribution in [3.63, 3.8) is 0 Å². The number of rotatable bonds is 19. The highest BCUT2D eigenvalue weighted by Gasteiger charge is 2.65. The van der Waals surface area contributed by atoms with Crippen molar-refractivity contribution in [2.24, 2.45) is 22.9 Å². The third-order valence-electron chi connectivity index (χ3n) is 11.6. The van der Waals surface area contributed by atoms with E-state index in [0.717, 1.165) is 67.8 Å². The van der Waals surface area contributed by atoms with Gasteiger partial charge in [0.15, 0.2) is 11.5 Å². The molecular weight excluding hydrogens is 706 g/mol. The van der Waals surface area contributed by atoms with E-state index in [0.29, 0.717) is 42.4 Å². The van der Waals surface area contributed by atoms with Gasteiger partial charge in [0.2, 0.25) is 12.6 Å². The number of carbonyl (C=O) groups is 1. The number of allylic oxidation sites excluding steroid dienone is 1. The summed E-state index contributed by atoms with van der Waals surface area (Å²) in [5, 5.41) is 24.3. The van der Waals surface area contributed by atoms with Crippen LogP contribution in [0.25, 0.3) is 0 Å². The minimum absolute atomic E-state index is 0.101. The topological polar surface area (TPSA) is 141 Å². The number of hydrogen-bond donors (Lipinski definition) is 2. The van der Waals surface area contributed by atoms with Crippen LogP contribution in [-0.2, 0) is 20.9 Å². The highest BCUT2D eigenvalue weighted by Crippen LogP contribution is 2.62. The van der Waals surface area contributed by atoms with Crippen molar-refractivity contribution in [3.05, 3.63) is 71.8 Å². The van der Waals surface area contributed by atoms with Crippen LogP contribution in [0.3, 0.4) is 0 Å². The summed E-state index contributed by atoms with van der Waals surface area (Å²) in [5.41, 5.74) is 3.49. The quantitative estimate of drug-likeness (QED) is 0.0796. The zero-order valence-corrected chi connectivity index (χ0v) is 32.0. The van der Waals surface area contributed by atoms with Crippen molar-refractivity contribution in [2.45, 2.75) is 69.2 Å². The fourth-order valence-corrected chi connectivity index (χ4v) is 9.09. The van der Waals surface area contributed by atoms with Gasteiger partial charge in [0, 0.05) is 57.3 Å². The average Bonchev–Trinajstić information content (AvgIpc) is 3.91. The molecule has 5 aliphatic rings. The number of benzene rings is 2. The molecule has 3 heterocycles. The number of unbranched alkanes of at least 4 members (excludes halogenated alkanes) is 2. The van der Waals surface area contributed by atoms with E-state index >= 15 is 0 Å². The largest absolute Gasteiger partial charge is 0.492 e. The summed E-state index contributed by atoms with van der Waals surface area (Å²) < 4.78 is 37.4. The molecule has 1 amide bonds. The molecule has 0 aromatic heterocycles. The van der Waals surface area contributed by atoms with Crippen LogP contribution >= 0.6 is 0 Å². The Bertz CT molecular complexity index is 1730. The smallest absolute Gasteiger partial charge is 0.410 e. The predicted molar refractivity (Wildman–Crippen MR) is 204 cm³/mol. The summed E-state index contributed by atoms with van der Waals surface area (Å²) in [6.45, 7) is 8.34. The third kappa shape index (κ3) is 8.16. The molecule has 2 fully saturated rings. The molecule has 2 N–H and O–H groups in total. The van der Waals surface area contributed by atoms with Gasteiger partial charge in [0.05, 0.1) is 25.3 Å². The highest BCUT2D eigenvalue weighted by molar-refractivity contribution is 6.03. The Labute approximate surface area is 323 Å². The minimum Gasteiger partial charge on any atom is -0.492 e. The number of nitrogens with zero attached hydrogens (tertiary/aromatic N) is 3. The first-order valence-corrected chi connectivity index (χ1v) is 19.6. The Balaban J connectivity index is 1.39. The first-order chi connectivity index (χ1) is 26.9. The molecule has 2 aliphatic carbocycles. The van der Waals surface area contributed by atoms with Crippen molar-refractivity contribution in [3.8, 4) is 23.0 Å². The lowest BCUT2D eigenvalue weighted by atomic mass is 9.55. The number of fused-ring (bicyclic) bond motifs is 3. The number of aliphatic hydroxyl groups is 2. The van der Waals surface area contributed by atoms with Gasteiger partial charge in [-0.25, -0.2) is 4.79 Å². The second-order valence-corrected chi connectivity index (χ2v) is 14.9. The summed E-state index contributed by atoms with van der Waals surface area (Å²) in [7, 11) is 2.91. The van der Waals surface area contributed by atoms with Crippen molar-refractivity contribution in [1.29, 1.82) is 0 Å². The first kappa shape index (κ1) is 39.0. The summed E-state index contributed by atoms with van der Waals surface area (Å²) in [6, 6.07) is 10.9. The molecule has 7 rings (SSSR count). The van der Waals surface area contributed by atoms with Crippen LogP contribution in [0.5, 0.6) is 23.0 Å². The number of oxime groups is 1. The molecule has 3 aliphatic heterocycles. The van der Waals surface area contributed by atoms with Crippen LogP contribution < -0.4 is 18.9 Å². The van der Waals surface area contributed by atoms with E-state index < -0.39 is 23.8 Å². The Hall–Kier alpha value is -4.30. The zero-order valence-electron chi connectivity index (χ0n) is 32.0. The average molecular weight is 762 g/mol. The Morgan fingerprint density at radius 2 is 1.82 bits per heavy atom. The lowest BCUT2D eigenvalue weighted by molar-refractivity contribution is -0.256. The minimum atomic E-state index is -1.40. The SMILES string of the molecule is C=CCO[C@@]12Oc3ccc(OCCN4CC4)cc3[C@H]3[C@H](CCCCO)[C@@H](CCCCO)C=C(C(=NOC)C[C@@H]1N(Cc1ccc4c(c1)OCO4)C(=O)OC)[C@H]32. The van der Waals surface area contributed by atoms with Gasteiger partial charge in [0.25, 0.3) is 0 Å². The molecule has 13 nitrogen and oxygen atoms in total. The van der Waals surface area contributed by atoms with E-state index in [1.54, 1.807) is 11.0 Å². The second-order valence-electron chi connectivity index (χ2n) is 14.9. The maximum Gasteiger partial charge on any atom is 0.410 e. The molecule has 0 radical (unpaired) electrons. The Kier molecular flexibility index (Phi) is 12.5. The highest BCUT2D eigenvalue weighted by atomic mass is 16.7. The first-order valence-electron chi connectivity index (χ1n) is 19.6. The van der Waals surface area contributed by atoms with Crippen LogP contribution in [-0.4, -0.2) is 111 Å². The second kappa shape index (κ2) is 17.7. The number of hydrogen-bond acceptors (Lipinski definition) is 12. The van der Waals surface area contributed by atoms with Crippen molar-refractivity contribution in [1.82, 2.24) is 9.80 Å². The maximum atomic E-state index is 14.1. The summed E-state index contributed by atoms with van der Waals surface area (Å²) >= 11 is 0. The van der Waals surface area contributed by atoms with E-state index in [2.05, 4.69) is 28.8 Å². The number of ether oxygens (including phenoxy) is 6. The number of methoxy groups -OCH3 is 1. The van der Waals surface area contributed by atoms with Gasteiger partial charge >= 0.3 is 6.09 Å². The molecule has 2 aromatic rings. The molecule has 2 aromatic carbocycles. The van der Waals surface area contributed by atoms with E-state index in [9.17, 15) is 15.0 Å². The summed E-state index contributed by atoms with van der Waals surface area (Å²) in [5.74, 6) is 0.920. The lowest BCUT2D eigenvalue weighted by Crippen LogP contribution is -2.70. The molecular formula is C42H55N3O10. The molecule has 6 atom stereocenters. The van der Waals surface area contributed by atoms with Gasteiger partial charge in [-0.05, 0) is 79.0 Å². The van der Waals surface area contributed by atoms with Crippen molar-refractivity contribution >= 4 is 11.8 Å². The monoisotopic (exact) mass is 761 g/mol. The van der Waals surface area contributed by atoms with Gasteiger partial charge in [-0.1, -0.05) is 36.2 Å². The van der Waals surface area contributed by atoms with Crippen LogP contribution in [0, 0.1) is 17.8 Å². The normalized spacial score (nSPS) is 26.7. The van der Waals surface area contributed by atoms with Gasteiger partial charge in [-0.3, -0.25) is 9.80 Å². The number of carbonyl (C=O) groups excluding carboxylic acids is 1. The van der Waals surface area contributed by atoms with E-state index in [1.807, 2.05) is 30.3 Å². The Morgan fingerprint density at radius 1 is 1.04 bits per heavy atom. The van der Waals surface area contributed by atoms with Gasteiger partial charge < -0.3 is 43.5 Å². The van der Waals surface area contributed by atoms with Gasteiger partial charge in [0.1, 0.15) is 31.3 Å². The van der Waals surface area contributed by atoms with Crippen LogP contribution in [0.15, 0.2) is 65.9 Å². The van der Waals surface area contributed by atoms with Crippen LogP contribution in [0.4, 0.5) is 4.79 Å². The molecule has 1 saturated heterocycles.